The smallest absolute Gasteiger partial charge is 0.142 e. The van der Waals surface area contributed by atoms with E-state index in [0.29, 0.717) is 39.5 Å². The van der Waals surface area contributed by atoms with Gasteiger partial charge in [0, 0.05) is 49.8 Å². The Hall–Kier alpha value is -4.31. The zero-order valence-corrected chi connectivity index (χ0v) is 29.7. The molecule has 0 spiro atoms. The zero-order valence-electron chi connectivity index (χ0n) is 25.8. The minimum Gasteiger partial charge on any atom is -0.508 e. The van der Waals surface area contributed by atoms with Crippen molar-refractivity contribution < 1.29 is 20.4 Å². The van der Waals surface area contributed by atoms with Crippen molar-refractivity contribution >= 4 is 69.7 Å². The van der Waals surface area contributed by atoms with Gasteiger partial charge in [-0.2, -0.15) is 0 Å². The fourth-order valence-corrected chi connectivity index (χ4v) is 7.15. The summed E-state index contributed by atoms with van der Waals surface area (Å²) < 4.78 is 0. The van der Waals surface area contributed by atoms with E-state index in [9.17, 15) is 20.4 Å². The number of rotatable bonds is 10. The van der Waals surface area contributed by atoms with Crippen molar-refractivity contribution in [3.05, 3.63) is 154 Å². The van der Waals surface area contributed by atoms with Gasteiger partial charge in [0.15, 0.2) is 0 Å². The lowest BCUT2D eigenvalue weighted by atomic mass is 10.2. The van der Waals surface area contributed by atoms with Gasteiger partial charge in [-0.3, -0.25) is 0 Å². The van der Waals surface area contributed by atoms with Crippen LogP contribution in [-0.4, -0.2) is 20.4 Å². The number of nitrogens with one attached hydrogen (secondary N) is 2. The molecular formula is C38H31Cl3N2O4S2. The molecule has 0 atom stereocenters. The van der Waals surface area contributed by atoms with Crippen LogP contribution in [0.1, 0.15) is 11.1 Å². The summed E-state index contributed by atoms with van der Waals surface area (Å²) in [6.45, 7) is 1.09. The van der Waals surface area contributed by atoms with E-state index in [1.54, 1.807) is 41.7 Å². The number of halogens is 3. The van der Waals surface area contributed by atoms with Crippen LogP contribution >= 0.6 is 58.3 Å². The van der Waals surface area contributed by atoms with E-state index >= 15 is 0 Å². The molecule has 49 heavy (non-hydrogen) atoms. The first-order chi connectivity index (χ1) is 23.6. The predicted molar refractivity (Wildman–Crippen MR) is 203 cm³/mol. The Morgan fingerprint density at radius 2 is 0.980 bits per heavy atom. The van der Waals surface area contributed by atoms with Gasteiger partial charge in [0.1, 0.15) is 23.0 Å². The van der Waals surface area contributed by atoms with Gasteiger partial charge in [0.2, 0.25) is 0 Å². The lowest BCUT2D eigenvalue weighted by Crippen LogP contribution is -2.01. The largest absolute Gasteiger partial charge is 0.508 e. The van der Waals surface area contributed by atoms with Crippen molar-refractivity contribution in [1.29, 1.82) is 0 Å². The van der Waals surface area contributed by atoms with Gasteiger partial charge in [0.25, 0.3) is 0 Å². The van der Waals surface area contributed by atoms with Crippen LogP contribution in [0.4, 0.5) is 11.4 Å². The molecule has 6 N–H and O–H groups in total. The van der Waals surface area contributed by atoms with Crippen LogP contribution < -0.4 is 10.6 Å². The number of benzene rings is 6. The van der Waals surface area contributed by atoms with Gasteiger partial charge >= 0.3 is 0 Å². The standard InChI is InChI=1S/C19H15Cl2NO2S.C19H16ClNO2S/c20-15-7-6-14(10-16(15)21)25-19-4-2-1-3-12(19)11-22-17-8-5-13(23)9-18(17)24;20-14-5-3-6-16(10-14)24-19-7-2-1-4-13(19)12-21-17-9-8-15(22)11-18(17)23/h1-10,22-24H,11H2;1-11,21-23H,12H2. The summed E-state index contributed by atoms with van der Waals surface area (Å²) in [7, 11) is 0. The lowest BCUT2D eigenvalue weighted by Gasteiger charge is -2.12. The molecule has 0 heterocycles. The molecule has 0 aromatic heterocycles. The van der Waals surface area contributed by atoms with Crippen LogP contribution in [0.2, 0.25) is 15.1 Å². The maximum atomic E-state index is 9.88. The average molecular weight is 750 g/mol. The molecule has 0 saturated heterocycles. The molecule has 0 saturated carbocycles. The van der Waals surface area contributed by atoms with E-state index in [1.807, 2.05) is 78.9 Å². The minimum absolute atomic E-state index is 0.00890. The highest BCUT2D eigenvalue weighted by atomic mass is 35.5. The first kappa shape index (κ1) is 36.0. The second kappa shape index (κ2) is 17.4. The number of phenols is 4. The van der Waals surface area contributed by atoms with Crippen LogP contribution in [0.25, 0.3) is 0 Å². The van der Waals surface area contributed by atoms with E-state index in [0.717, 1.165) is 30.7 Å². The number of hydrogen-bond acceptors (Lipinski definition) is 8. The molecule has 0 amide bonds. The molecule has 0 bridgehead atoms. The molecule has 0 radical (unpaired) electrons. The van der Waals surface area contributed by atoms with Crippen molar-refractivity contribution in [3.63, 3.8) is 0 Å². The van der Waals surface area contributed by atoms with E-state index in [2.05, 4.69) is 16.7 Å². The third kappa shape index (κ3) is 10.6. The minimum atomic E-state index is 0.00890. The van der Waals surface area contributed by atoms with Crippen molar-refractivity contribution in [1.82, 2.24) is 0 Å². The second-order valence-corrected chi connectivity index (χ2v) is 14.0. The van der Waals surface area contributed by atoms with Crippen LogP contribution in [-0.2, 0) is 13.1 Å². The van der Waals surface area contributed by atoms with Gasteiger partial charge < -0.3 is 31.1 Å². The summed E-state index contributed by atoms with van der Waals surface area (Å²) in [6.07, 6.45) is 0. The summed E-state index contributed by atoms with van der Waals surface area (Å²) in [5.74, 6) is 0.0955. The van der Waals surface area contributed by atoms with Crippen LogP contribution in [0.15, 0.2) is 147 Å². The third-order valence-corrected chi connectivity index (χ3v) is 10.2. The highest BCUT2D eigenvalue weighted by Crippen LogP contribution is 2.36. The Kier molecular flexibility index (Phi) is 12.8. The molecule has 0 aliphatic rings. The van der Waals surface area contributed by atoms with Crippen molar-refractivity contribution in [2.75, 3.05) is 10.6 Å². The predicted octanol–water partition coefficient (Wildman–Crippen LogP) is 11.7. The van der Waals surface area contributed by atoms with Crippen molar-refractivity contribution in [3.8, 4) is 23.0 Å². The van der Waals surface area contributed by atoms with E-state index in [1.165, 1.54) is 24.3 Å². The molecule has 0 unspecified atom stereocenters. The highest BCUT2D eigenvalue weighted by Gasteiger charge is 2.09. The van der Waals surface area contributed by atoms with E-state index in [4.69, 9.17) is 34.8 Å². The summed E-state index contributed by atoms with van der Waals surface area (Å²) >= 11 is 21.3. The number of phenolic OH excluding ortho intramolecular Hbond substituents is 4. The fourth-order valence-electron chi connectivity index (χ4n) is 4.54. The van der Waals surface area contributed by atoms with Crippen LogP contribution in [0, 0.1) is 0 Å². The number of anilines is 2. The summed E-state index contributed by atoms with van der Waals surface area (Å²) in [4.78, 5) is 4.26. The summed E-state index contributed by atoms with van der Waals surface area (Å²) in [5.41, 5.74) is 3.32. The molecule has 6 nitrogen and oxygen atoms in total. The molecule has 11 heteroatoms. The van der Waals surface area contributed by atoms with Crippen molar-refractivity contribution in [2.45, 2.75) is 32.7 Å². The van der Waals surface area contributed by atoms with Gasteiger partial charge in [-0.15, -0.1) is 0 Å². The average Bonchev–Trinajstić information content (AvgIpc) is 3.07. The van der Waals surface area contributed by atoms with Crippen LogP contribution in [0.5, 0.6) is 23.0 Å². The normalized spacial score (nSPS) is 10.6. The topological polar surface area (TPSA) is 105 Å². The first-order valence-corrected chi connectivity index (χ1v) is 17.6. The van der Waals surface area contributed by atoms with Gasteiger partial charge in [-0.25, -0.2) is 0 Å². The summed E-state index contributed by atoms with van der Waals surface area (Å²) in [6, 6.07) is 38.3. The molecule has 6 rings (SSSR count). The SMILES string of the molecule is Oc1ccc(NCc2ccccc2Sc2ccc(Cl)c(Cl)c2)c(O)c1.Oc1ccc(NCc2ccccc2Sc2cccc(Cl)c2)c(O)c1. The first-order valence-electron chi connectivity index (χ1n) is 14.9. The maximum absolute atomic E-state index is 9.88. The number of aromatic hydroxyl groups is 4. The van der Waals surface area contributed by atoms with E-state index < -0.39 is 0 Å². The maximum Gasteiger partial charge on any atom is 0.142 e. The Balaban J connectivity index is 0.000000191. The third-order valence-electron chi connectivity index (χ3n) is 6.99. The highest BCUT2D eigenvalue weighted by molar-refractivity contribution is 7.99. The molecular weight excluding hydrogens is 719 g/mol. The van der Waals surface area contributed by atoms with E-state index in [-0.39, 0.29) is 23.0 Å². The Morgan fingerprint density at radius 1 is 0.469 bits per heavy atom. The molecule has 6 aromatic rings. The summed E-state index contributed by atoms with van der Waals surface area (Å²) in [5, 5.41) is 46.6. The zero-order chi connectivity index (χ0) is 34.8. The lowest BCUT2D eigenvalue weighted by molar-refractivity contribution is 0.450. The van der Waals surface area contributed by atoms with Crippen molar-refractivity contribution in [2.24, 2.45) is 0 Å². The number of hydrogen-bond donors (Lipinski definition) is 6. The quantitative estimate of drug-likeness (QED) is 0.0607. The molecule has 0 fully saturated rings. The molecule has 0 aliphatic carbocycles. The Bertz CT molecular complexity index is 2050. The van der Waals surface area contributed by atoms with Crippen LogP contribution in [0.3, 0.4) is 0 Å². The fraction of sp³-hybridized carbons (Fsp3) is 0.0526. The second-order valence-electron chi connectivity index (χ2n) is 10.6. The monoisotopic (exact) mass is 748 g/mol. The Labute approximate surface area is 308 Å². The van der Waals surface area contributed by atoms with Gasteiger partial charge in [0.05, 0.1) is 21.4 Å². The molecule has 250 valence electrons. The van der Waals surface area contributed by atoms with Gasteiger partial charge in [-0.1, -0.05) is 101 Å². The van der Waals surface area contributed by atoms with Gasteiger partial charge in [-0.05, 0) is 83.9 Å². The Morgan fingerprint density at radius 3 is 1.47 bits per heavy atom. The molecule has 0 aliphatic heterocycles. The molecule has 6 aromatic carbocycles.